The van der Waals surface area contributed by atoms with Crippen molar-refractivity contribution in [3.8, 4) is 0 Å². The Morgan fingerprint density at radius 3 is 2.74 bits per heavy atom. The summed E-state index contributed by atoms with van der Waals surface area (Å²) in [5.41, 5.74) is 0.556. The summed E-state index contributed by atoms with van der Waals surface area (Å²) in [6, 6.07) is 4.86. The van der Waals surface area contributed by atoms with Gasteiger partial charge in [-0.3, -0.25) is 9.59 Å². The summed E-state index contributed by atoms with van der Waals surface area (Å²) in [6.07, 6.45) is 2.33. The number of nitrogens with one attached hydrogen (secondary N) is 1. The summed E-state index contributed by atoms with van der Waals surface area (Å²) in [4.78, 5) is 30.3. The molecule has 5 nitrogen and oxygen atoms in total. The standard InChI is InChI=1S/C15H15Cl2N3O2S/c16-10-4-3-9(7-11(10)17)18-13(21)8-12-14(22)19-15(23-12)20-5-1-2-6-20/h3-4,7,12H,1-2,5-6,8H2,(H,18,21)/t12-/m0/s1. The first-order chi connectivity index (χ1) is 11.0. The Morgan fingerprint density at radius 2 is 2.04 bits per heavy atom. The maximum atomic E-state index is 12.1. The molecule has 8 heteroatoms. The molecule has 122 valence electrons. The molecule has 1 saturated heterocycles. The molecular weight excluding hydrogens is 357 g/mol. The Kier molecular flexibility index (Phi) is 5.14. The number of nitrogens with zero attached hydrogens (tertiary/aromatic N) is 2. The van der Waals surface area contributed by atoms with Crippen molar-refractivity contribution in [1.29, 1.82) is 0 Å². The lowest BCUT2D eigenvalue weighted by Gasteiger charge is -2.16. The van der Waals surface area contributed by atoms with Crippen LogP contribution in [0.3, 0.4) is 0 Å². The maximum absolute atomic E-state index is 12.1. The zero-order valence-electron chi connectivity index (χ0n) is 12.2. The molecule has 1 atom stereocenters. The van der Waals surface area contributed by atoms with Gasteiger partial charge in [0.2, 0.25) is 5.91 Å². The molecular formula is C15H15Cl2N3O2S. The molecule has 23 heavy (non-hydrogen) atoms. The molecule has 2 amide bonds. The van der Waals surface area contributed by atoms with Crippen molar-refractivity contribution in [3.05, 3.63) is 28.2 Å². The largest absolute Gasteiger partial charge is 0.351 e. The fourth-order valence-electron chi connectivity index (χ4n) is 2.51. The van der Waals surface area contributed by atoms with Gasteiger partial charge in [-0.2, -0.15) is 4.99 Å². The summed E-state index contributed by atoms with van der Waals surface area (Å²) in [6.45, 7) is 1.86. The average molecular weight is 372 g/mol. The second kappa shape index (κ2) is 7.11. The van der Waals surface area contributed by atoms with Gasteiger partial charge in [0, 0.05) is 25.2 Å². The lowest BCUT2D eigenvalue weighted by Crippen LogP contribution is -2.25. The summed E-state index contributed by atoms with van der Waals surface area (Å²) in [5.74, 6) is -0.478. The highest BCUT2D eigenvalue weighted by atomic mass is 35.5. The van der Waals surface area contributed by atoms with Crippen LogP contribution in [0.25, 0.3) is 0 Å². The zero-order chi connectivity index (χ0) is 16.4. The Labute approximate surface area is 148 Å². The van der Waals surface area contributed by atoms with E-state index in [-0.39, 0.29) is 18.2 Å². The molecule has 0 radical (unpaired) electrons. The lowest BCUT2D eigenvalue weighted by atomic mass is 10.2. The number of hydrogen-bond acceptors (Lipinski definition) is 4. The number of thioether (sulfide) groups is 1. The molecule has 1 N–H and O–H groups in total. The van der Waals surface area contributed by atoms with Crippen LogP contribution in [0.1, 0.15) is 19.3 Å². The Morgan fingerprint density at radius 1 is 1.30 bits per heavy atom. The topological polar surface area (TPSA) is 61.8 Å². The Hall–Kier alpha value is -1.24. The zero-order valence-corrected chi connectivity index (χ0v) is 14.5. The predicted octanol–water partition coefficient (Wildman–Crippen LogP) is 3.42. The lowest BCUT2D eigenvalue weighted by molar-refractivity contribution is -0.121. The van der Waals surface area contributed by atoms with Crippen molar-refractivity contribution < 1.29 is 9.59 Å². The van der Waals surface area contributed by atoms with Gasteiger partial charge in [0.1, 0.15) is 5.25 Å². The second-order valence-electron chi connectivity index (χ2n) is 5.41. The third kappa shape index (κ3) is 4.00. The van der Waals surface area contributed by atoms with E-state index in [2.05, 4.69) is 15.2 Å². The first-order valence-corrected chi connectivity index (χ1v) is 8.95. The van der Waals surface area contributed by atoms with E-state index in [9.17, 15) is 9.59 Å². The van der Waals surface area contributed by atoms with Gasteiger partial charge in [-0.15, -0.1) is 0 Å². The number of rotatable bonds is 3. The molecule has 0 spiro atoms. The van der Waals surface area contributed by atoms with Crippen molar-refractivity contribution >= 4 is 57.6 Å². The van der Waals surface area contributed by atoms with Gasteiger partial charge < -0.3 is 10.2 Å². The Bertz CT molecular complexity index is 675. The van der Waals surface area contributed by atoms with E-state index in [1.165, 1.54) is 11.8 Å². The van der Waals surface area contributed by atoms with Gasteiger partial charge in [0.05, 0.1) is 10.0 Å². The summed E-state index contributed by atoms with van der Waals surface area (Å²) < 4.78 is 0. The third-order valence-corrected chi connectivity index (χ3v) is 5.63. The van der Waals surface area contributed by atoms with Gasteiger partial charge in [-0.25, -0.2) is 0 Å². The van der Waals surface area contributed by atoms with Gasteiger partial charge in [0.25, 0.3) is 5.91 Å². The van der Waals surface area contributed by atoms with Crippen molar-refractivity contribution in [2.75, 3.05) is 18.4 Å². The SMILES string of the molecule is O=C(C[C@@H]1SC(N2CCCC2)=NC1=O)Nc1ccc(Cl)c(Cl)c1. The van der Waals surface area contributed by atoms with Crippen LogP contribution >= 0.6 is 35.0 Å². The number of benzene rings is 1. The van der Waals surface area contributed by atoms with E-state index in [4.69, 9.17) is 23.2 Å². The first kappa shape index (κ1) is 16.6. The monoisotopic (exact) mass is 371 g/mol. The number of hydrogen-bond donors (Lipinski definition) is 1. The molecule has 0 saturated carbocycles. The fraction of sp³-hybridized carbons (Fsp3) is 0.400. The molecule has 0 aliphatic carbocycles. The second-order valence-corrected chi connectivity index (χ2v) is 7.40. The van der Waals surface area contributed by atoms with E-state index in [0.717, 1.165) is 31.1 Å². The van der Waals surface area contributed by atoms with Crippen LogP contribution in [0.2, 0.25) is 10.0 Å². The van der Waals surface area contributed by atoms with E-state index in [1.807, 2.05) is 0 Å². The number of amides is 2. The number of likely N-dealkylation sites (tertiary alicyclic amines) is 1. The van der Waals surface area contributed by atoms with E-state index in [0.29, 0.717) is 15.7 Å². The number of carbonyl (C=O) groups excluding carboxylic acids is 2. The summed E-state index contributed by atoms with van der Waals surface area (Å²) >= 11 is 13.1. The minimum absolute atomic E-state index is 0.0879. The minimum Gasteiger partial charge on any atom is -0.351 e. The van der Waals surface area contributed by atoms with E-state index in [1.54, 1.807) is 18.2 Å². The van der Waals surface area contributed by atoms with Crippen LogP contribution in [0, 0.1) is 0 Å². The number of carbonyl (C=O) groups is 2. The number of amidine groups is 1. The average Bonchev–Trinajstić information content (AvgIpc) is 3.13. The minimum atomic E-state index is -0.451. The van der Waals surface area contributed by atoms with Gasteiger partial charge in [-0.05, 0) is 31.0 Å². The molecule has 0 aromatic heterocycles. The molecule has 2 aliphatic rings. The van der Waals surface area contributed by atoms with Crippen LogP contribution in [-0.2, 0) is 9.59 Å². The van der Waals surface area contributed by atoms with Gasteiger partial charge >= 0.3 is 0 Å². The molecule has 2 heterocycles. The quantitative estimate of drug-likeness (QED) is 0.883. The Balaban J connectivity index is 1.56. The van der Waals surface area contributed by atoms with Gasteiger partial charge in [-0.1, -0.05) is 35.0 Å². The van der Waals surface area contributed by atoms with E-state index >= 15 is 0 Å². The fourth-order valence-corrected chi connectivity index (χ4v) is 3.92. The van der Waals surface area contributed by atoms with Crippen LogP contribution in [-0.4, -0.2) is 40.2 Å². The molecule has 1 fully saturated rings. The maximum Gasteiger partial charge on any atom is 0.262 e. The van der Waals surface area contributed by atoms with Crippen LogP contribution < -0.4 is 5.32 Å². The first-order valence-electron chi connectivity index (χ1n) is 7.32. The summed E-state index contributed by atoms with van der Waals surface area (Å²) in [7, 11) is 0. The summed E-state index contributed by atoms with van der Waals surface area (Å²) in [5, 5.41) is 3.83. The third-order valence-electron chi connectivity index (χ3n) is 3.68. The molecule has 1 aromatic rings. The smallest absolute Gasteiger partial charge is 0.262 e. The molecule has 3 rings (SSSR count). The highest BCUT2D eigenvalue weighted by Crippen LogP contribution is 2.30. The highest BCUT2D eigenvalue weighted by molar-refractivity contribution is 8.15. The number of halogens is 2. The van der Waals surface area contributed by atoms with Crippen molar-refractivity contribution in [2.45, 2.75) is 24.5 Å². The van der Waals surface area contributed by atoms with Crippen LogP contribution in [0.4, 0.5) is 5.69 Å². The molecule has 0 bridgehead atoms. The molecule has 2 aliphatic heterocycles. The van der Waals surface area contributed by atoms with Crippen LogP contribution in [0.5, 0.6) is 0 Å². The van der Waals surface area contributed by atoms with Crippen molar-refractivity contribution in [1.82, 2.24) is 4.90 Å². The molecule has 1 aromatic carbocycles. The molecule has 0 unspecified atom stereocenters. The van der Waals surface area contributed by atoms with Crippen molar-refractivity contribution in [3.63, 3.8) is 0 Å². The normalized spacial score (nSPS) is 20.8. The van der Waals surface area contributed by atoms with Gasteiger partial charge in [0.15, 0.2) is 5.17 Å². The predicted molar refractivity (Wildman–Crippen MR) is 94.3 cm³/mol. The number of anilines is 1. The van der Waals surface area contributed by atoms with E-state index < -0.39 is 5.25 Å². The highest BCUT2D eigenvalue weighted by Gasteiger charge is 2.33. The number of aliphatic imine (C=N–C) groups is 1. The van der Waals surface area contributed by atoms with Crippen LogP contribution in [0.15, 0.2) is 23.2 Å². The van der Waals surface area contributed by atoms with Crippen molar-refractivity contribution in [2.24, 2.45) is 4.99 Å².